The number of amides is 3. The van der Waals surface area contributed by atoms with Crippen LogP contribution in [0.1, 0.15) is 49.5 Å². The minimum absolute atomic E-state index is 0.0213. The number of urea groups is 1. The van der Waals surface area contributed by atoms with Crippen LogP contribution in [0.3, 0.4) is 0 Å². The van der Waals surface area contributed by atoms with Crippen molar-refractivity contribution in [1.29, 1.82) is 0 Å². The van der Waals surface area contributed by atoms with E-state index in [1.807, 2.05) is 0 Å². The van der Waals surface area contributed by atoms with E-state index in [4.69, 9.17) is 4.74 Å². The van der Waals surface area contributed by atoms with Gasteiger partial charge in [0.05, 0.1) is 23.8 Å². The second-order valence-electron chi connectivity index (χ2n) is 8.85. The maximum Gasteiger partial charge on any atom is 0.440 e. The minimum Gasteiger partial charge on any atom is -0.372 e. The number of nitrogens with zero attached hydrogens (tertiary/aromatic N) is 1. The predicted molar refractivity (Wildman–Crippen MR) is 107 cm³/mol. The molecule has 3 unspecified atom stereocenters. The number of hydrogen-bond acceptors (Lipinski definition) is 5. The monoisotopic (exact) mass is 533 g/mol. The largest absolute Gasteiger partial charge is 0.440 e. The van der Waals surface area contributed by atoms with Crippen LogP contribution in [0.5, 0.6) is 0 Å². The maximum absolute atomic E-state index is 13.1. The third kappa shape index (κ3) is 5.64. The van der Waals surface area contributed by atoms with Gasteiger partial charge in [-0.25, -0.2) is 9.36 Å². The fraction of sp³-hybridized carbons (Fsp3) is 0.579. The number of halogens is 6. The highest BCUT2D eigenvalue weighted by atomic mass is 31.2. The lowest BCUT2D eigenvalue weighted by Gasteiger charge is -2.42. The number of rotatable bonds is 5. The first-order valence-corrected chi connectivity index (χ1v) is 11.7. The average Bonchev–Trinajstić information content (AvgIpc) is 2.97. The summed E-state index contributed by atoms with van der Waals surface area (Å²) in [6, 6.07) is -0.0687. The second kappa shape index (κ2) is 8.73. The van der Waals surface area contributed by atoms with Gasteiger partial charge in [-0.2, -0.15) is 31.0 Å². The van der Waals surface area contributed by atoms with Crippen LogP contribution in [0, 0.1) is 0 Å². The molecule has 1 aromatic rings. The van der Waals surface area contributed by atoms with E-state index in [0.717, 1.165) is 0 Å². The molecule has 0 aromatic heterocycles. The number of nitrogens with one attached hydrogen (secondary N) is 2. The Kier molecular flexibility index (Phi) is 6.83. The molecule has 3 amide bonds. The zero-order chi connectivity index (χ0) is 26.6. The highest BCUT2D eigenvalue weighted by Gasteiger charge is 2.58. The number of alkyl halides is 6. The highest BCUT2D eigenvalue weighted by molar-refractivity contribution is 7.50. The average molecular weight is 533 g/mol. The minimum atomic E-state index is -5.18. The Morgan fingerprint density at radius 1 is 1.09 bits per heavy atom. The van der Waals surface area contributed by atoms with Gasteiger partial charge < -0.3 is 25.2 Å². The molecule has 1 aromatic carbocycles. The summed E-state index contributed by atoms with van der Waals surface area (Å²) >= 11 is 0. The van der Waals surface area contributed by atoms with E-state index in [1.54, 1.807) is 6.92 Å². The SMILES string of the molecule is CC(OCC1(C)CCC2(CN1)NC(=O)N(P(=O)(O)O)C2=O)c1cc(C(F)(F)F)cc(C(F)(F)F)c1. The van der Waals surface area contributed by atoms with E-state index in [0.29, 0.717) is 12.1 Å². The number of carbonyl (C=O) groups is 2. The Hall–Kier alpha value is -2.19. The van der Waals surface area contributed by atoms with Crippen molar-refractivity contribution in [3.63, 3.8) is 0 Å². The van der Waals surface area contributed by atoms with Crippen LogP contribution >= 0.6 is 7.75 Å². The molecule has 0 bridgehead atoms. The van der Waals surface area contributed by atoms with E-state index in [9.17, 15) is 50.3 Å². The highest BCUT2D eigenvalue weighted by Crippen LogP contribution is 2.46. The zero-order valence-electron chi connectivity index (χ0n) is 18.3. The molecule has 9 nitrogen and oxygen atoms in total. The maximum atomic E-state index is 13.1. The van der Waals surface area contributed by atoms with Crippen molar-refractivity contribution >= 4 is 19.7 Å². The molecule has 2 saturated heterocycles. The van der Waals surface area contributed by atoms with E-state index in [-0.39, 0.29) is 42.3 Å². The fourth-order valence-electron chi connectivity index (χ4n) is 3.90. The van der Waals surface area contributed by atoms with Crippen molar-refractivity contribution < 1.29 is 55.0 Å². The number of piperidine rings is 1. The molecule has 196 valence electrons. The van der Waals surface area contributed by atoms with Gasteiger partial charge in [-0.15, -0.1) is 0 Å². The van der Waals surface area contributed by atoms with Crippen LogP contribution in [-0.4, -0.2) is 50.6 Å². The Bertz CT molecular complexity index is 1030. The first-order valence-electron chi connectivity index (χ1n) is 10.2. The van der Waals surface area contributed by atoms with E-state index in [1.165, 1.54) is 6.92 Å². The van der Waals surface area contributed by atoms with E-state index < -0.39 is 60.3 Å². The lowest BCUT2D eigenvalue weighted by atomic mass is 9.81. The first-order chi connectivity index (χ1) is 15.8. The van der Waals surface area contributed by atoms with Crippen LogP contribution in [0.15, 0.2) is 18.2 Å². The summed E-state index contributed by atoms with van der Waals surface area (Å²) in [4.78, 5) is 42.9. The molecular weight excluding hydrogens is 511 g/mol. The number of ether oxygens (including phenoxy) is 1. The summed E-state index contributed by atoms with van der Waals surface area (Å²) in [5.41, 5.74) is -5.78. The predicted octanol–water partition coefficient (Wildman–Crippen LogP) is 3.33. The van der Waals surface area contributed by atoms with Gasteiger partial charge in [-0.3, -0.25) is 4.79 Å². The summed E-state index contributed by atoms with van der Waals surface area (Å²) in [5.74, 6) is -1.11. The van der Waals surface area contributed by atoms with Gasteiger partial charge >= 0.3 is 26.1 Å². The zero-order valence-corrected chi connectivity index (χ0v) is 19.2. The molecule has 0 radical (unpaired) electrons. The third-order valence-electron chi connectivity index (χ3n) is 6.05. The Balaban J connectivity index is 1.71. The quantitative estimate of drug-likeness (QED) is 0.260. The summed E-state index contributed by atoms with van der Waals surface area (Å²) in [6.07, 6.45) is -11.1. The number of hydrogen-bond donors (Lipinski definition) is 4. The molecule has 3 atom stereocenters. The van der Waals surface area contributed by atoms with Gasteiger partial charge in [0.1, 0.15) is 5.54 Å². The molecule has 0 aliphatic carbocycles. The molecule has 35 heavy (non-hydrogen) atoms. The molecule has 2 heterocycles. The molecule has 0 saturated carbocycles. The second-order valence-corrected chi connectivity index (χ2v) is 10.3. The normalized spacial score (nSPS) is 26.9. The van der Waals surface area contributed by atoms with Crippen LogP contribution in [0.2, 0.25) is 0 Å². The van der Waals surface area contributed by atoms with Gasteiger partial charge in [0.2, 0.25) is 0 Å². The van der Waals surface area contributed by atoms with Crippen molar-refractivity contribution in [3.05, 3.63) is 34.9 Å². The lowest BCUT2D eigenvalue weighted by Crippen LogP contribution is -2.64. The molecule has 2 aliphatic heterocycles. The summed E-state index contributed by atoms with van der Waals surface area (Å²) in [6.45, 7) is 2.50. The van der Waals surface area contributed by atoms with Crippen LogP contribution in [-0.2, 0) is 26.4 Å². The van der Waals surface area contributed by atoms with Gasteiger partial charge in [-0.1, -0.05) is 0 Å². The topological polar surface area (TPSA) is 128 Å². The molecule has 4 N–H and O–H groups in total. The molecular formula is C19H22F6N3O6P. The van der Waals surface area contributed by atoms with Crippen molar-refractivity contribution in [2.75, 3.05) is 13.2 Å². The molecule has 16 heteroatoms. The fourth-order valence-corrected chi connectivity index (χ4v) is 4.62. The smallest absolute Gasteiger partial charge is 0.372 e. The molecule has 3 rings (SSSR count). The van der Waals surface area contributed by atoms with Crippen molar-refractivity contribution in [3.8, 4) is 0 Å². The summed E-state index contributed by atoms with van der Waals surface area (Å²) in [5, 5.41) is 5.20. The molecule has 2 aliphatic rings. The Morgan fingerprint density at radius 3 is 2.03 bits per heavy atom. The lowest BCUT2D eigenvalue weighted by molar-refractivity contribution is -0.143. The molecule has 2 fully saturated rings. The third-order valence-corrected chi connectivity index (χ3v) is 6.94. The Morgan fingerprint density at radius 2 is 1.63 bits per heavy atom. The van der Waals surface area contributed by atoms with Crippen LogP contribution in [0.25, 0.3) is 0 Å². The van der Waals surface area contributed by atoms with E-state index >= 15 is 0 Å². The van der Waals surface area contributed by atoms with E-state index in [2.05, 4.69) is 10.6 Å². The molecule has 1 spiro atoms. The van der Waals surface area contributed by atoms with Gasteiger partial charge in [-0.05, 0) is 50.5 Å². The Labute approximate surface area is 195 Å². The van der Waals surface area contributed by atoms with Crippen LogP contribution < -0.4 is 10.6 Å². The van der Waals surface area contributed by atoms with Crippen molar-refractivity contribution in [2.24, 2.45) is 0 Å². The number of carbonyl (C=O) groups excluding carboxylic acids is 2. The number of benzene rings is 1. The van der Waals surface area contributed by atoms with Crippen molar-refractivity contribution in [1.82, 2.24) is 15.3 Å². The van der Waals surface area contributed by atoms with Gasteiger partial charge in [0, 0.05) is 12.1 Å². The number of imide groups is 1. The van der Waals surface area contributed by atoms with Crippen molar-refractivity contribution in [2.45, 2.75) is 56.2 Å². The van der Waals surface area contributed by atoms with Gasteiger partial charge in [0.25, 0.3) is 5.91 Å². The summed E-state index contributed by atoms with van der Waals surface area (Å²) in [7, 11) is -5.18. The standard InChI is InChI=1S/C19H22F6N3O6P/c1-10(11-5-12(18(20,21)22)7-13(6-11)19(23,24)25)34-9-16(2)3-4-17(8-26-16)14(29)28(15(30)27-17)35(31,32)33/h5-7,10,26H,3-4,8-9H2,1-2H3,(H,27,30)(H2,31,32,33). The van der Waals surface area contributed by atoms with Gasteiger partial charge in [0.15, 0.2) is 0 Å². The first kappa shape index (κ1) is 27.4. The van der Waals surface area contributed by atoms with Crippen LogP contribution in [0.4, 0.5) is 31.1 Å². The summed E-state index contributed by atoms with van der Waals surface area (Å²) < 4.78 is 95.6.